The average molecular weight is 274 g/mol. The normalized spacial score (nSPS) is 18.3. The number of nitrogens with zero attached hydrogens (tertiary/aromatic N) is 2. The highest BCUT2D eigenvalue weighted by molar-refractivity contribution is 5.20. The van der Waals surface area contributed by atoms with E-state index in [9.17, 15) is 5.11 Å². The largest absolute Gasteiger partial charge is 0.469 e. The van der Waals surface area contributed by atoms with Crippen molar-refractivity contribution in [2.45, 2.75) is 57.6 Å². The maximum atomic E-state index is 10.3. The standard InChI is InChI=1S/C16H22N2O2/c1-12-15(8-10-20-12)16(19)11-13-7-9-18(17-13)14-5-3-2-4-6-14/h7-10,14,16,19H,2-6,11H2,1H3. The van der Waals surface area contributed by atoms with E-state index in [2.05, 4.69) is 16.0 Å². The lowest BCUT2D eigenvalue weighted by atomic mass is 9.96. The summed E-state index contributed by atoms with van der Waals surface area (Å²) in [5, 5.41) is 14.9. The summed E-state index contributed by atoms with van der Waals surface area (Å²) >= 11 is 0. The first kappa shape index (κ1) is 13.4. The summed E-state index contributed by atoms with van der Waals surface area (Å²) in [5.41, 5.74) is 1.81. The van der Waals surface area contributed by atoms with Gasteiger partial charge in [-0.2, -0.15) is 5.10 Å². The van der Waals surface area contributed by atoms with Crippen LogP contribution < -0.4 is 0 Å². The van der Waals surface area contributed by atoms with Gasteiger partial charge in [-0.3, -0.25) is 4.68 Å². The Morgan fingerprint density at radius 1 is 1.35 bits per heavy atom. The third-order valence-corrected chi connectivity index (χ3v) is 4.27. The molecule has 0 saturated heterocycles. The molecule has 0 aliphatic heterocycles. The summed E-state index contributed by atoms with van der Waals surface area (Å²) in [6, 6.07) is 4.40. The molecule has 4 heteroatoms. The van der Waals surface area contributed by atoms with Crippen molar-refractivity contribution in [1.82, 2.24) is 9.78 Å². The van der Waals surface area contributed by atoms with Crippen molar-refractivity contribution in [3.63, 3.8) is 0 Å². The number of aromatic nitrogens is 2. The van der Waals surface area contributed by atoms with Gasteiger partial charge in [0.25, 0.3) is 0 Å². The number of aryl methyl sites for hydroxylation is 1. The SMILES string of the molecule is Cc1occc1C(O)Cc1ccn(C2CCCCC2)n1. The Bertz CT molecular complexity index is 552. The Morgan fingerprint density at radius 3 is 2.85 bits per heavy atom. The maximum Gasteiger partial charge on any atom is 0.106 e. The minimum atomic E-state index is -0.538. The van der Waals surface area contributed by atoms with Gasteiger partial charge < -0.3 is 9.52 Å². The Hall–Kier alpha value is -1.55. The molecule has 0 bridgehead atoms. The van der Waals surface area contributed by atoms with Crippen LogP contribution in [0.15, 0.2) is 29.0 Å². The number of rotatable bonds is 4. The predicted molar refractivity (Wildman–Crippen MR) is 76.5 cm³/mol. The summed E-state index contributed by atoms with van der Waals surface area (Å²) < 4.78 is 7.32. The lowest BCUT2D eigenvalue weighted by Gasteiger charge is -2.21. The van der Waals surface area contributed by atoms with E-state index in [1.807, 2.05) is 19.1 Å². The highest BCUT2D eigenvalue weighted by Gasteiger charge is 2.18. The van der Waals surface area contributed by atoms with Crippen molar-refractivity contribution in [2.24, 2.45) is 0 Å². The molecule has 20 heavy (non-hydrogen) atoms. The number of hydrogen-bond acceptors (Lipinski definition) is 3. The molecule has 108 valence electrons. The van der Waals surface area contributed by atoms with Crippen LogP contribution in [0.4, 0.5) is 0 Å². The lowest BCUT2D eigenvalue weighted by molar-refractivity contribution is 0.174. The molecule has 0 amide bonds. The zero-order valence-corrected chi connectivity index (χ0v) is 12.0. The van der Waals surface area contributed by atoms with E-state index in [0.29, 0.717) is 12.5 Å². The molecule has 2 heterocycles. The van der Waals surface area contributed by atoms with Gasteiger partial charge >= 0.3 is 0 Å². The third-order valence-electron chi connectivity index (χ3n) is 4.27. The van der Waals surface area contributed by atoms with Gasteiger partial charge in [0.2, 0.25) is 0 Å². The van der Waals surface area contributed by atoms with E-state index in [1.165, 1.54) is 32.1 Å². The molecule has 1 aliphatic carbocycles. The van der Waals surface area contributed by atoms with Crippen LogP contribution in [0.2, 0.25) is 0 Å². The van der Waals surface area contributed by atoms with Gasteiger partial charge in [-0.15, -0.1) is 0 Å². The molecule has 1 saturated carbocycles. The highest BCUT2D eigenvalue weighted by atomic mass is 16.3. The first-order valence-electron chi connectivity index (χ1n) is 7.50. The highest BCUT2D eigenvalue weighted by Crippen LogP contribution is 2.28. The zero-order valence-electron chi connectivity index (χ0n) is 12.0. The Morgan fingerprint density at radius 2 is 2.15 bits per heavy atom. The topological polar surface area (TPSA) is 51.2 Å². The van der Waals surface area contributed by atoms with Crippen molar-refractivity contribution in [2.75, 3.05) is 0 Å². The van der Waals surface area contributed by atoms with Gasteiger partial charge in [-0.1, -0.05) is 19.3 Å². The molecule has 2 aromatic heterocycles. The molecule has 4 nitrogen and oxygen atoms in total. The maximum absolute atomic E-state index is 10.3. The summed E-state index contributed by atoms with van der Waals surface area (Å²) in [7, 11) is 0. The summed E-state index contributed by atoms with van der Waals surface area (Å²) in [6.45, 7) is 1.87. The minimum Gasteiger partial charge on any atom is -0.469 e. The molecule has 1 aliphatic rings. The molecule has 0 spiro atoms. The molecular formula is C16H22N2O2. The first-order valence-corrected chi connectivity index (χ1v) is 7.50. The molecule has 1 fully saturated rings. The summed E-state index contributed by atoms with van der Waals surface area (Å²) in [5.74, 6) is 0.782. The van der Waals surface area contributed by atoms with Gasteiger partial charge in [0.05, 0.1) is 24.1 Å². The second-order valence-electron chi connectivity index (χ2n) is 5.73. The van der Waals surface area contributed by atoms with Crippen LogP contribution in [0.25, 0.3) is 0 Å². The zero-order chi connectivity index (χ0) is 13.9. The van der Waals surface area contributed by atoms with E-state index in [1.54, 1.807) is 6.26 Å². The second-order valence-corrected chi connectivity index (χ2v) is 5.73. The molecule has 1 atom stereocenters. The molecule has 1 N–H and O–H groups in total. The fraction of sp³-hybridized carbons (Fsp3) is 0.562. The van der Waals surface area contributed by atoms with E-state index in [0.717, 1.165) is 17.0 Å². The monoisotopic (exact) mass is 274 g/mol. The lowest BCUT2D eigenvalue weighted by Crippen LogP contribution is -2.13. The van der Waals surface area contributed by atoms with Crippen LogP contribution in [0.1, 0.15) is 61.3 Å². The van der Waals surface area contributed by atoms with Crippen LogP contribution in [0.5, 0.6) is 0 Å². The Labute approximate surface area is 119 Å². The van der Waals surface area contributed by atoms with Crippen molar-refractivity contribution in [3.05, 3.63) is 41.6 Å². The van der Waals surface area contributed by atoms with Gasteiger partial charge in [0.1, 0.15) is 5.76 Å². The summed E-state index contributed by atoms with van der Waals surface area (Å²) in [6.07, 6.45) is 10.1. The van der Waals surface area contributed by atoms with Crippen LogP contribution >= 0.6 is 0 Å². The second kappa shape index (κ2) is 5.83. The first-order chi connectivity index (χ1) is 9.74. The molecular weight excluding hydrogens is 252 g/mol. The van der Waals surface area contributed by atoms with E-state index in [-0.39, 0.29) is 0 Å². The predicted octanol–water partition coefficient (Wildman–Crippen LogP) is 3.57. The molecule has 3 rings (SSSR count). The van der Waals surface area contributed by atoms with E-state index in [4.69, 9.17) is 4.42 Å². The third kappa shape index (κ3) is 2.80. The van der Waals surface area contributed by atoms with Gasteiger partial charge in [0.15, 0.2) is 0 Å². The van der Waals surface area contributed by atoms with Crippen molar-refractivity contribution >= 4 is 0 Å². The van der Waals surface area contributed by atoms with Crippen LogP contribution in [0.3, 0.4) is 0 Å². The molecule has 2 aromatic rings. The Kier molecular flexibility index (Phi) is 3.92. The van der Waals surface area contributed by atoms with Crippen molar-refractivity contribution in [1.29, 1.82) is 0 Å². The quantitative estimate of drug-likeness (QED) is 0.927. The Balaban J connectivity index is 1.66. The van der Waals surface area contributed by atoms with Gasteiger partial charge in [-0.25, -0.2) is 0 Å². The molecule has 1 unspecified atom stereocenters. The molecule has 0 aromatic carbocycles. The fourth-order valence-electron chi connectivity index (χ4n) is 3.08. The number of aliphatic hydroxyl groups excluding tert-OH is 1. The van der Waals surface area contributed by atoms with E-state index >= 15 is 0 Å². The smallest absolute Gasteiger partial charge is 0.106 e. The summed E-state index contributed by atoms with van der Waals surface area (Å²) in [4.78, 5) is 0. The number of aliphatic hydroxyl groups is 1. The number of furan rings is 1. The van der Waals surface area contributed by atoms with Crippen molar-refractivity contribution in [3.8, 4) is 0 Å². The van der Waals surface area contributed by atoms with Gasteiger partial charge in [-0.05, 0) is 31.9 Å². The van der Waals surface area contributed by atoms with Crippen LogP contribution in [-0.2, 0) is 6.42 Å². The molecule has 0 radical (unpaired) electrons. The number of hydrogen-bond donors (Lipinski definition) is 1. The average Bonchev–Trinajstić information content (AvgIpc) is 3.09. The van der Waals surface area contributed by atoms with Gasteiger partial charge in [0, 0.05) is 18.2 Å². The van der Waals surface area contributed by atoms with E-state index < -0.39 is 6.10 Å². The fourth-order valence-corrected chi connectivity index (χ4v) is 3.08. The minimum absolute atomic E-state index is 0.538. The van der Waals surface area contributed by atoms with Crippen LogP contribution in [0, 0.1) is 6.92 Å². The van der Waals surface area contributed by atoms with Crippen LogP contribution in [-0.4, -0.2) is 14.9 Å². The van der Waals surface area contributed by atoms with Crippen molar-refractivity contribution < 1.29 is 9.52 Å².